The van der Waals surface area contributed by atoms with Gasteiger partial charge in [-0.15, -0.1) is 0 Å². The molecule has 0 aromatic heterocycles. The average molecular weight is 235 g/mol. The van der Waals surface area contributed by atoms with E-state index in [0.717, 1.165) is 24.8 Å². The van der Waals surface area contributed by atoms with E-state index in [2.05, 4.69) is 51.8 Å². The summed E-state index contributed by atoms with van der Waals surface area (Å²) in [5.74, 6) is 1.46. The summed E-state index contributed by atoms with van der Waals surface area (Å²) in [5, 5.41) is 0. The fourth-order valence-corrected chi connectivity index (χ4v) is 1.88. The summed E-state index contributed by atoms with van der Waals surface area (Å²) in [6.07, 6.45) is 6.85. The minimum atomic E-state index is 0.728. The Labute approximate surface area is 108 Å². The molecule has 0 rings (SSSR count). The predicted octanol–water partition coefficient (Wildman–Crippen LogP) is 4.29. The highest BCUT2D eigenvalue weighted by Crippen LogP contribution is 2.08. The van der Waals surface area contributed by atoms with Crippen LogP contribution in [0.4, 0.5) is 0 Å². The van der Waals surface area contributed by atoms with Crippen molar-refractivity contribution in [1.82, 2.24) is 4.90 Å². The molecular formula is C16H29N. The van der Waals surface area contributed by atoms with Gasteiger partial charge >= 0.3 is 0 Å². The Morgan fingerprint density at radius 2 is 1.65 bits per heavy atom. The summed E-state index contributed by atoms with van der Waals surface area (Å²) in [6.45, 7) is 20.3. The van der Waals surface area contributed by atoms with Crippen molar-refractivity contribution in [2.45, 2.75) is 34.1 Å². The van der Waals surface area contributed by atoms with E-state index in [1.54, 1.807) is 6.08 Å². The third kappa shape index (κ3) is 10.1. The van der Waals surface area contributed by atoms with Crippen LogP contribution in [0.2, 0.25) is 0 Å². The van der Waals surface area contributed by atoms with Crippen LogP contribution in [-0.4, -0.2) is 24.5 Å². The Morgan fingerprint density at radius 3 is 2.06 bits per heavy atom. The van der Waals surface area contributed by atoms with Gasteiger partial charge in [-0.3, -0.25) is 0 Å². The normalized spacial score (nSPS) is 11.9. The maximum atomic E-state index is 4.06. The van der Waals surface area contributed by atoms with Gasteiger partial charge in [0.05, 0.1) is 0 Å². The zero-order valence-electron chi connectivity index (χ0n) is 12.1. The number of hydrogen-bond donors (Lipinski definition) is 0. The fourth-order valence-electron chi connectivity index (χ4n) is 1.88. The van der Waals surface area contributed by atoms with Crippen molar-refractivity contribution < 1.29 is 0 Å². The van der Waals surface area contributed by atoms with Crippen molar-refractivity contribution in [1.29, 1.82) is 0 Å². The van der Waals surface area contributed by atoms with Crippen LogP contribution in [-0.2, 0) is 0 Å². The molecule has 17 heavy (non-hydrogen) atoms. The molecule has 0 aromatic rings. The molecule has 0 spiro atoms. The topological polar surface area (TPSA) is 3.24 Å². The van der Waals surface area contributed by atoms with Gasteiger partial charge in [0.25, 0.3) is 0 Å². The molecule has 0 aliphatic carbocycles. The number of allylic oxidation sites excluding steroid dienone is 3. The summed E-state index contributed by atoms with van der Waals surface area (Å²) < 4.78 is 0. The standard InChI is InChI=1S/C16H29N/c1-7-8-9-16(6)10-11-17(12-14(2)3)13-15(4)5/h7-9,14-15H,1,6,10-13H2,2-5H3. The Morgan fingerprint density at radius 1 is 1.12 bits per heavy atom. The maximum absolute atomic E-state index is 4.06. The number of rotatable bonds is 9. The molecule has 0 N–H and O–H groups in total. The lowest BCUT2D eigenvalue weighted by molar-refractivity contribution is 0.222. The summed E-state index contributed by atoms with van der Waals surface area (Å²) in [6, 6.07) is 0. The van der Waals surface area contributed by atoms with Crippen molar-refractivity contribution in [3.8, 4) is 0 Å². The lowest BCUT2D eigenvalue weighted by Crippen LogP contribution is -2.32. The molecule has 0 heterocycles. The second kappa shape index (κ2) is 9.23. The molecule has 98 valence electrons. The van der Waals surface area contributed by atoms with Crippen molar-refractivity contribution >= 4 is 0 Å². The van der Waals surface area contributed by atoms with Crippen LogP contribution in [0.25, 0.3) is 0 Å². The van der Waals surface area contributed by atoms with Gasteiger partial charge in [-0.25, -0.2) is 0 Å². The molecule has 0 bridgehead atoms. The fraction of sp³-hybridized carbons (Fsp3) is 0.625. The van der Waals surface area contributed by atoms with E-state index >= 15 is 0 Å². The predicted molar refractivity (Wildman–Crippen MR) is 79.2 cm³/mol. The van der Waals surface area contributed by atoms with Gasteiger partial charge in [-0.1, -0.05) is 64.7 Å². The highest BCUT2D eigenvalue weighted by atomic mass is 15.1. The SMILES string of the molecule is C=CC=CC(=C)CCN(CC(C)C)CC(C)C. The van der Waals surface area contributed by atoms with Gasteiger partial charge < -0.3 is 4.90 Å². The minimum Gasteiger partial charge on any atom is -0.302 e. The quantitative estimate of drug-likeness (QED) is 0.539. The molecule has 0 saturated carbocycles. The Hall–Kier alpha value is -0.820. The zero-order valence-corrected chi connectivity index (χ0v) is 12.1. The van der Waals surface area contributed by atoms with Crippen LogP contribution in [0.15, 0.2) is 37.0 Å². The molecule has 0 atom stereocenters. The van der Waals surface area contributed by atoms with Gasteiger partial charge in [0.15, 0.2) is 0 Å². The number of hydrogen-bond acceptors (Lipinski definition) is 1. The van der Waals surface area contributed by atoms with Crippen LogP contribution >= 0.6 is 0 Å². The summed E-state index contributed by atoms with van der Waals surface area (Å²) >= 11 is 0. The summed E-state index contributed by atoms with van der Waals surface area (Å²) in [7, 11) is 0. The Balaban J connectivity index is 4.10. The van der Waals surface area contributed by atoms with Crippen molar-refractivity contribution in [2.75, 3.05) is 19.6 Å². The molecule has 0 unspecified atom stereocenters. The van der Waals surface area contributed by atoms with Gasteiger partial charge in [0.1, 0.15) is 0 Å². The monoisotopic (exact) mass is 235 g/mol. The first-order valence-electron chi connectivity index (χ1n) is 6.65. The van der Waals surface area contributed by atoms with Crippen molar-refractivity contribution in [3.05, 3.63) is 37.0 Å². The molecule has 1 nitrogen and oxygen atoms in total. The summed E-state index contributed by atoms with van der Waals surface area (Å²) in [5.41, 5.74) is 1.18. The third-order valence-electron chi connectivity index (χ3n) is 2.46. The Bertz CT molecular complexity index is 238. The van der Waals surface area contributed by atoms with E-state index in [1.165, 1.54) is 18.7 Å². The molecule has 0 radical (unpaired) electrons. The first-order valence-corrected chi connectivity index (χ1v) is 6.65. The van der Waals surface area contributed by atoms with Crippen LogP contribution in [0.5, 0.6) is 0 Å². The molecule has 0 aliphatic heterocycles. The largest absolute Gasteiger partial charge is 0.302 e. The lowest BCUT2D eigenvalue weighted by atomic mass is 10.1. The van der Waals surface area contributed by atoms with E-state index in [-0.39, 0.29) is 0 Å². The lowest BCUT2D eigenvalue weighted by Gasteiger charge is -2.26. The van der Waals surface area contributed by atoms with E-state index in [9.17, 15) is 0 Å². The van der Waals surface area contributed by atoms with E-state index in [0.29, 0.717) is 0 Å². The molecule has 0 amide bonds. The van der Waals surface area contributed by atoms with Crippen LogP contribution < -0.4 is 0 Å². The van der Waals surface area contributed by atoms with Crippen LogP contribution in [0, 0.1) is 11.8 Å². The molecular weight excluding hydrogens is 206 g/mol. The van der Waals surface area contributed by atoms with E-state index in [4.69, 9.17) is 0 Å². The molecule has 1 heteroatoms. The molecule has 0 fully saturated rings. The van der Waals surface area contributed by atoms with Gasteiger partial charge in [0.2, 0.25) is 0 Å². The molecule has 0 saturated heterocycles. The maximum Gasteiger partial charge on any atom is 0.00218 e. The first kappa shape index (κ1) is 16.2. The molecule has 0 aliphatic rings. The van der Waals surface area contributed by atoms with Crippen LogP contribution in [0.3, 0.4) is 0 Å². The Kier molecular flexibility index (Phi) is 8.79. The summed E-state index contributed by atoms with van der Waals surface area (Å²) in [4.78, 5) is 2.54. The third-order valence-corrected chi connectivity index (χ3v) is 2.46. The first-order chi connectivity index (χ1) is 7.95. The van der Waals surface area contributed by atoms with Gasteiger partial charge in [-0.05, 0) is 18.3 Å². The van der Waals surface area contributed by atoms with E-state index < -0.39 is 0 Å². The van der Waals surface area contributed by atoms with E-state index in [1.807, 2.05) is 6.08 Å². The smallest absolute Gasteiger partial charge is 0.00218 e. The second-order valence-corrected chi connectivity index (χ2v) is 5.55. The highest BCUT2D eigenvalue weighted by Gasteiger charge is 2.09. The molecule has 0 aromatic carbocycles. The van der Waals surface area contributed by atoms with Gasteiger partial charge in [-0.2, -0.15) is 0 Å². The van der Waals surface area contributed by atoms with Crippen LogP contribution in [0.1, 0.15) is 34.1 Å². The van der Waals surface area contributed by atoms with Gasteiger partial charge in [0, 0.05) is 19.6 Å². The van der Waals surface area contributed by atoms with Crippen molar-refractivity contribution in [3.63, 3.8) is 0 Å². The average Bonchev–Trinajstić information content (AvgIpc) is 2.21. The number of nitrogens with zero attached hydrogens (tertiary/aromatic N) is 1. The zero-order chi connectivity index (χ0) is 13.3. The highest BCUT2D eigenvalue weighted by molar-refractivity contribution is 5.18. The van der Waals surface area contributed by atoms with Crippen molar-refractivity contribution in [2.24, 2.45) is 11.8 Å². The second-order valence-electron chi connectivity index (χ2n) is 5.55. The minimum absolute atomic E-state index is 0.728.